The fourth-order valence-electron chi connectivity index (χ4n) is 4.62. The van der Waals surface area contributed by atoms with Crippen LogP contribution in [-0.2, 0) is 53.1 Å². The van der Waals surface area contributed by atoms with E-state index in [1.807, 2.05) is 60.7 Å². The van der Waals surface area contributed by atoms with E-state index in [-0.39, 0.29) is 44.0 Å². The SMILES string of the molecule is C=C1[C@H](OC(=O)CCC(C)=O)[C@@H](OCc2ccccc2C(=O)O)O[C@H](COCc2ccccc2)[C@H]1OCc1ccccc1. The Morgan fingerprint density at radius 2 is 1.42 bits per heavy atom. The van der Waals surface area contributed by atoms with E-state index in [2.05, 4.69) is 6.58 Å². The zero-order valence-electron chi connectivity index (χ0n) is 24.1. The Morgan fingerprint density at radius 3 is 2.07 bits per heavy atom. The van der Waals surface area contributed by atoms with E-state index >= 15 is 0 Å². The van der Waals surface area contributed by atoms with Crippen molar-refractivity contribution in [3.8, 4) is 0 Å². The normalized spacial score (nSPS) is 20.0. The molecule has 0 saturated carbocycles. The lowest BCUT2D eigenvalue weighted by Gasteiger charge is -2.42. The summed E-state index contributed by atoms with van der Waals surface area (Å²) in [5, 5.41) is 9.61. The van der Waals surface area contributed by atoms with Crippen LogP contribution in [0.5, 0.6) is 0 Å². The van der Waals surface area contributed by atoms with Gasteiger partial charge >= 0.3 is 11.9 Å². The molecule has 3 aromatic rings. The molecule has 0 aliphatic carbocycles. The number of carbonyl (C=O) groups is 3. The van der Waals surface area contributed by atoms with E-state index in [0.717, 1.165) is 11.1 Å². The number of ketones is 1. The zero-order valence-corrected chi connectivity index (χ0v) is 24.1. The Balaban J connectivity index is 1.56. The molecular formula is C34H36O9. The van der Waals surface area contributed by atoms with Crippen molar-refractivity contribution >= 4 is 17.7 Å². The highest BCUT2D eigenvalue weighted by atomic mass is 16.7. The summed E-state index contributed by atoms with van der Waals surface area (Å²) >= 11 is 0. The molecule has 1 N–H and O–H groups in total. The molecule has 4 atom stereocenters. The summed E-state index contributed by atoms with van der Waals surface area (Å²) in [4.78, 5) is 36.0. The number of hydrogen-bond acceptors (Lipinski definition) is 8. The van der Waals surface area contributed by atoms with E-state index in [9.17, 15) is 19.5 Å². The second-order valence-electron chi connectivity index (χ2n) is 10.2. The van der Waals surface area contributed by atoms with Crippen molar-refractivity contribution in [2.24, 2.45) is 0 Å². The van der Waals surface area contributed by atoms with E-state index in [1.165, 1.54) is 13.0 Å². The average Bonchev–Trinajstić information content (AvgIpc) is 3.01. The van der Waals surface area contributed by atoms with E-state index in [1.54, 1.807) is 18.2 Å². The zero-order chi connectivity index (χ0) is 30.6. The predicted octanol–water partition coefficient (Wildman–Crippen LogP) is 5.27. The highest BCUT2D eigenvalue weighted by Gasteiger charge is 2.45. The van der Waals surface area contributed by atoms with Gasteiger partial charge in [0, 0.05) is 6.42 Å². The molecule has 9 heteroatoms. The fraction of sp³-hybridized carbons (Fsp3) is 0.324. The average molecular weight is 589 g/mol. The molecule has 1 aliphatic heterocycles. The Labute approximate surface area is 251 Å². The number of benzene rings is 3. The third kappa shape index (κ3) is 9.42. The quantitative estimate of drug-likeness (QED) is 0.187. The smallest absolute Gasteiger partial charge is 0.336 e. The largest absolute Gasteiger partial charge is 0.478 e. The highest BCUT2D eigenvalue weighted by molar-refractivity contribution is 5.89. The molecule has 4 rings (SSSR count). The second-order valence-corrected chi connectivity index (χ2v) is 10.2. The molecule has 3 aromatic carbocycles. The lowest BCUT2D eigenvalue weighted by Crippen LogP contribution is -2.53. The summed E-state index contributed by atoms with van der Waals surface area (Å²) < 4.78 is 30.5. The third-order valence-corrected chi connectivity index (χ3v) is 6.88. The summed E-state index contributed by atoms with van der Waals surface area (Å²) in [7, 11) is 0. The molecular weight excluding hydrogens is 552 g/mol. The molecule has 1 aliphatic rings. The van der Waals surface area contributed by atoms with Crippen LogP contribution in [0.15, 0.2) is 97.1 Å². The Hall–Kier alpha value is -4.15. The second kappa shape index (κ2) is 15.9. The summed E-state index contributed by atoms with van der Waals surface area (Å²) in [5.41, 5.74) is 2.82. The van der Waals surface area contributed by atoms with Gasteiger partial charge in [0.15, 0.2) is 12.4 Å². The van der Waals surface area contributed by atoms with Crippen molar-refractivity contribution in [1.29, 1.82) is 0 Å². The Morgan fingerprint density at radius 1 is 0.791 bits per heavy atom. The number of hydrogen-bond donors (Lipinski definition) is 1. The maximum Gasteiger partial charge on any atom is 0.336 e. The molecule has 0 aromatic heterocycles. The minimum Gasteiger partial charge on any atom is -0.478 e. The van der Waals surface area contributed by atoms with Gasteiger partial charge in [0.2, 0.25) is 0 Å². The van der Waals surface area contributed by atoms with Gasteiger partial charge in [0.25, 0.3) is 0 Å². The monoisotopic (exact) mass is 588 g/mol. The summed E-state index contributed by atoms with van der Waals surface area (Å²) in [5.74, 6) is -1.86. The van der Waals surface area contributed by atoms with Crippen LogP contribution >= 0.6 is 0 Å². The van der Waals surface area contributed by atoms with Crippen molar-refractivity contribution in [3.63, 3.8) is 0 Å². The lowest BCUT2D eigenvalue weighted by molar-refractivity contribution is -0.267. The first-order chi connectivity index (χ1) is 20.8. The van der Waals surface area contributed by atoms with Gasteiger partial charge in [-0.05, 0) is 35.3 Å². The third-order valence-electron chi connectivity index (χ3n) is 6.88. The molecule has 0 radical (unpaired) electrons. The van der Waals surface area contributed by atoms with Gasteiger partial charge in [-0.2, -0.15) is 0 Å². The van der Waals surface area contributed by atoms with Crippen molar-refractivity contribution in [2.75, 3.05) is 6.61 Å². The molecule has 1 saturated heterocycles. The first-order valence-electron chi connectivity index (χ1n) is 14.0. The van der Waals surface area contributed by atoms with Crippen LogP contribution in [0.25, 0.3) is 0 Å². The van der Waals surface area contributed by atoms with Gasteiger partial charge < -0.3 is 33.6 Å². The molecule has 9 nitrogen and oxygen atoms in total. The van der Waals surface area contributed by atoms with Gasteiger partial charge in [-0.1, -0.05) is 85.4 Å². The Bertz CT molecular complexity index is 1370. The summed E-state index contributed by atoms with van der Waals surface area (Å²) in [6, 6.07) is 25.7. The van der Waals surface area contributed by atoms with Crippen LogP contribution in [-0.4, -0.2) is 54.0 Å². The van der Waals surface area contributed by atoms with Crippen molar-refractivity contribution in [3.05, 3.63) is 119 Å². The number of carboxylic acid groups (broad SMARTS) is 1. The number of carboxylic acids is 1. The molecule has 0 amide bonds. The van der Waals surface area contributed by atoms with Crippen LogP contribution in [0.3, 0.4) is 0 Å². The number of Topliss-reactive ketones (excluding diaryl/α,β-unsaturated/α-hetero) is 1. The predicted molar refractivity (Wildman–Crippen MR) is 157 cm³/mol. The number of aromatic carboxylic acids is 1. The highest BCUT2D eigenvalue weighted by Crippen LogP contribution is 2.32. The molecule has 0 spiro atoms. The summed E-state index contributed by atoms with van der Waals surface area (Å²) in [6.07, 6.45) is -3.73. The molecule has 0 unspecified atom stereocenters. The molecule has 43 heavy (non-hydrogen) atoms. The molecule has 226 valence electrons. The van der Waals surface area contributed by atoms with E-state index in [0.29, 0.717) is 17.7 Å². The van der Waals surface area contributed by atoms with Gasteiger partial charge in [-0.25, -0.2) is 4.79 Å². The molecule has 1 heterocycles. The van der Waals surface area contributed by atoms with Crippen LogP contribution in [0, 0.1) is 0 Å². The first-order valence-corrected chi connectivity index (χ1v) is 14.0. The molecule has 0 bridgehead atoms. The van der Waals surface area contributed by atoms with Gasteiger partial charge in [0.05, 0.1) is 38.4 Å². The van der Waals surface area contributed by atoms with Gasteiger partial charge in [0.1, 0.15) is 18.0 Å². The van der Waals surface area contributed by atoms with Crippen molar-refractivity contribution in [2.45, 2.75) is 64.2 Å². The fourth-order valence-corrected chi connectivity index (χ4v) is 4.62. The maximum atomic E-state index is 12.8. The van der Waals surface area contributed by atoms with Crippen molar-refractivity contribution in [1.82, 2.24) is 0 Å². The molecule has 1 fully saturated rings. The Kier molecular flexibility index (Phi) is 11.8. The van der Waals surface area contributed by atoms with Crippen LogP contribution in [0.4, 0.5) is 0 Å². The van der Waals surface area contributed by atoms with Gasteiger partial charge in [-0.15, -0.1) is 0 Å². The number of rotatable bonds is 15. The minimum atomic E-state index is -1.14. The van der Waals surface area contributed by atoms with Crippen LogP contribution < -0.4 is 0 Å². The van der Waals surface area contributed by atoms with Gasteiger partial charge in [-0.3, -0.25) is 4.79 Å². The topological polar surface area (TPSA) is 118 Å². The lowest BCUT2D eigenvalue weighted by atomic mass is 9.96. The first kappa shape index (κ1) is 31.8. The van der Waals surface area contributed by atoms with E-state index < -0.39 is 36.5 Å². The minimum absolute atomic E-state index is 0.0281. The van der Waals surface area contributed by atoms with E-state index in [4.69, 9.17) is 23.7 Å². The van der Waals surface area contributed by atoms with Crippen molar-refractivity contribution < 1.29 is 43.2 Å². The number of esters is 1. The standard InChI is InChI=1S/C34H36O9/c1-23(35)17-18-30(36)43-32-24(2)31(40-20-26-13-7-4-8-14-26)29(22-39-19-25-11-5-3-6-12-25)42-34(32)41-21-27-15-9-10-16-28(27)33(37)38/h3-16,29,31-32,34H,2,17-22H2,1H3,(H,37,38)/t29-,31+,32+,34+/m1/s1. The number of ether oxygens (including phenoxy) is 5. The number of carbonyl (C=O) groups excluding carboxylic acids is 2. The van der Waals surface area contributed by atoms with Crippen LogP contribution in [0.2, 0.25) is 0 Å². The summed E-state index contributed by atoms with van der Waals surface area (Å²) in [6.45, 7) is 6.18. The maximum absolute atomic E-state index is 12.8. The van der Waals surface area contributed by atoms with Crippen LogP contribution in [0.1, 0.15) is 46.8 Å².